The molecule has 1 rings (SSSR count). The van der Waals surface area contributed by atoms with Crippen LogP contribution >= 0.6 is 0 Å². The first-order valence-corrected chi connectivity index (χ1v) is 5.95. The molecule has 0 heterocycles. The summed E-state index contributed by atoms with van der Waals surface area (Å²) in [7, 11) is 0. The molecule has 1 aliphatic carbocycles. The van der Waals surface area contributed by atoms with Gasteiger partial charge in [-0.2, -0.15) is 0 Å². The second-order valence-electron chi connectivity index (χ2n) is 5.14. The lowest BCUT2D eigenvalue weighted by molar-refractivity contribution is -0.173. The summed E-state index contributed by atoms with van der Waals surface area (Å²) in [6, 6.07) is 0. The monoisotopic (exact) mass is 230 g/mol. The van der Waals surface area contributed by atoms with Gasteiger partial charge in [-0.3, -0.25) is 4.79 Å². The molecule has 0 bridgehead atoms. The normalized spacial score (nSPS) is 26.5. The van der Waals surface area contributed by atoms with Crippen molar-refractivity contribution in [2.24, 2.45) is 11.8 Å². The number of aliphatic hydroxyl groups is 2. The highest BCUT2D eigenvalue weighted by atomic mass is 16.6. The number of hydrogen-bond donors (Lipinski definition) is 2. The molecule has 0 aliphatic heterocycles. The molecule has 0 atom stereocenters. The molecule has 16 heavy (non-hydrogen) atoms. The third-order valence-electron chi connectivity index (χ3n) is 3.37. The maximum atomic E-state index is 11.8. The minimum absolute atomic E-state index is 0.0615. The predicted octanol–water partition coefficient (Wildman–Crippen LogP) is 1.10. The summed E-state index contributed by atoms with van der Waals surface area (Å²) in [5.74, 6) is 0.345. The number of carbonyl (C=O) groups excluding carboxylic acids is 1. The van der Waals surface area contributed by atoms with Crippen molar-refractivity contribution >= 4 is 5.97 Å². The molecule has 1 fully saturated rings. The Balaban J connectivity index is 2.46. The van der Waals surface area contributed by atoms with E-state index in [1.165, 1.54) is 6.92 Å². The molecule has 0 aromatic carbocycles. The Morgan fingerprint density at radius 2 is 1.75 bits per heavy atom. The molecule has 0 spiro atoms. The van der Waals surface area contributed by atoms with Crippen molar-refractivity contribution in [3.8, 4) is 0 Å². The van der Waals surface area contributed by atoms with Gasteiger partial charge in [0.2, 0.25) is 0 Å². The highest BCUT2D eigenvalue weighted by Crippen LogP contribution is 2.30. The van der Waals surface area contributed by atoms with Crippen molar-refractivity contribution in [3.63, 3.8) is 0 Å². The molecule has 0 radical (unpaired) electrons. The molecule has 0 aromatic heterocycles. The van der Waals surface area contributed by atoms with E-state index >= 15 is 0 Å². The quantitative estimate of drug-likeness (QED) is 0.710. The van der Waals surface area contributed by atoms with E-state index in [1.807, 2.05) is 0 Å². The van der Waals surface area contributed by atoms with Gasteiger partial charge >= 0.3 is 5.97 Å². The SMILES string of the molecule is CC1CCC(C(=O)OC(C)(CO)CO)CC1. The maximum absolute atomic E-state index is 11.8. The average Bonchev–Trinajstić information content (AvgIpc) is 2.29. The van der Waals surface area contributed by atoms with Crippen LogP contribution in [-0.4, -0.2) is 35.0 Å². The molecule has 1 aliphatic rings. The van der Waals surface area contributed by atoms with Gasteiger partial charge in [-0.1, -0.05) is 6.92 Å². The molecular formula is C12H22O4. The highest BCUT2D eigenvalue weighted by Gasteiger charge is 2.32. The van der Waals surface area contributed by atoms with E-state index < -0.39 is 5.60 Å². The zero-order valence-corrected chi connectivity index (χ0v) is 10.1. The number of carbonyl (C=O) groups is 1. The van der Waals surface area contributed by atoms with Gasteiger partial charge in [0.15, 0.2) is 5.60 Å². The molecule has 4 heteroatoms. The summed E-state index contributed by atoms with van der Waals surface area (Å²) in [6.07, 6.45) is 3.81. The van der Waals surface area contributed by atoms with Gasteiger partial charge in [-0.05, 0) is 38.5 Å². The van der Waals surface area contributed by atoms with Crippen LogP contribution in [0.4, 0.5) is 0 Å². The van der Waals surface area contributed by atoms with E-state index in [0.29, 0.717) is 5.92 Å². The van der Waals surface area contributed by atoms with E-state index in [-0.39, 0.29) is 25.1 Å². The maximum Gasteiger partial charge on any atom is 0.309 e. The van der Waals surface area contributed by atoms with Gasteiger partial charge in [0.25, 0.3) is 0 Å². The van der Waals surface area contributed by atoms with Crippen molar-refractivity contribution in [1.29, 1.82) is 0 Å². The van der Waals surface area contributed by atoms with E-state index in [0.717, 1.165) is 25.7 Å². The van der Waals surface area contributed by atoms with Crippen LogP contribution in [0.3, 0.4) is 0 Å². The van der Waals surface area contributed by atoms with E-state index in [1.54, 1.807) is 0 Å². The first-order chi connectivity index (χ1) is 7.50. The highest BCUT2D eigenvalue weighted by molar-refractivity contribution is 5.73. The zero-order valence-electron chi connectivity index (χ0n) is 10.1. The van der Waals surface area contributed by atoms with Crippen molar-refractivity contribution < 1.29 is 19.7 Å². The minimum atomic E-state index is -1.14. The Labute approximate surface area is 96.6 Å². The van der Waals surface area contributed by atoms with Crippen LogP contribution < -0.4 is 0 Å². The van der Waals surface area contributed by atoms with Crippen LogP contribution in [0.5, 0.6) is 0 Å². The summed E-state index contributed by atoms with van der Waals surface area (Å²) in [5.41, 5.74) is -1.14. The molecule has 4 nitrogen and oxygen atoms in total. The number of rotatable bonds is 4. The van der Waals surface area contributed by atoms with Crippen LogP contribution in [0, 0.1) is 11.8 Å². The first kappa shape index (κ1) is 13.5. The van der Waals surface area contributed by atoms with E-state index in [9.17, 15) is 4.79 Å². The molecule has 0 aromatic rings. The molecule has 2 N–H and O–H groups in total. The number of esters is 1. The third-order valence-corrected chi connectivity index (χ3v) is 3.37. The number of ether oxygens (including phenoxy) is 1. The summed E-state index contributed by atoms with van der Waals surface area (Å²) in [6.45, 7) is 3.03. The second-order valence-corrected chi connectivity index (χ2v) is 5.14. The minimum Gasteiger partial charge on any atom is -0.454 e. The summed E-state index contributed by atoms with van der Waals surface area (Å²) in [5, 5.41) is 18.1. The third kappa shape index (κ3) is 3.46. The van der Waals surface area contributed by atoms with Crippen LogP contribution in [0.25, 0.3) is 0 Å². The summed E-state index contributed by atoms with van der Waals surface area (Å²) < 4.78 is 5.17. The van der Waals surface area contributed by atoms with Gasteiger partial charge in [0.05, 0.1) is 19.1 Å². The fourth-order valence-electron chi connectivity index (χ4n) is 1.94. The van der Waals surface area contributed by atoms with Crippen molar-refractivity contribution in [2.75, 3.05) is 13.2 Å². The molecule has 0 saturated heterocycles. The van der Waals surface area contributed by atoms with Crippen LogP contribution in [-0.2, 0) is 9.53 Å². The van der Waals surface area contributed by atoms with Gasteiger partial charge < -0.3 is 14.9 Å². The van der Waals surface area contributed by atoms with Gasteiger partial charge in [-0.25, -0.2) is 0 Å². The lowest BCUT2D eigenvalue weighted by Gasteiger charge is -2.30. The fraction of sp³-hybridized carbons (Fsp3) is 0.917. The van der Waals surface area contributed by atoms with Gasteiger partial charge in [0.1, 0.15) is 0 Å². The summed E-state index contributed by atoms with van der Waals surface area (Å²) >= 11 is 0. The van der Waals surface area contributed by atoms with Crippen LogP contribution in [0.2, 0.25) is 0 Å². The standard InChI is InChI=1S/C12H22O4/c1-9-3-5-10(6-4-9)11(15)16-12(2,7-13)8-14/h9-10,13-14H,3-8H2,1-2H3. The molecular weight excluding hydrogens is 208 g/mol. The Hall–Kier alpha value is -0.610. The lowest BCUT2D eigenvalue weighted by atomic mass is 9.83. The van der Waals surface area contributed by atoms with Crippen LogP contribution in [0.1, 0.15) is 39.5 Å². The van der Waals surface area contributed by atoms with E-state index in [4.69, 9.17) is 14.9 Å². The summed E-state index contributed by atoms with van der Waals surface area (Å²) in [4.78, 5) is 11.8. The molecule has 0 unspecified atom stereocenters. The smallest absolute Gasteiger partial charge is 0.309 e. The van der Waals surface area contributed by atoms with Gasteiger partial charge in [-0.15, -0.1) is 0 Å². The molecule has 1 saturated carbocycles. The van der Waals surface area contributed by atoms with Crippen molar-refractivity contribution in [2.45, 2.75) is 45.1 Å². The molecule has 94 valence electrons. The van der Waals surface area contributed by atoms with Crippen molar-refractivity contribution in [3.05, 3.63) is 0 Å². The van der Waals surface area contributed by atoms with Crippen LogP contribution in [0.15, 0.2) is 0 Å². The number of aliphatic hydroxyl groups excluding tert-OH is 2. The Morgan fingerprint density at radius 1 is 1.25 bits per heavy atom. The Bertz CT molecular complexity index is 227. The van der Waals surface area contributed by atoms with Gasteiger partial charge in [0, 0.05) is 0 Å². The predicted molar refractivity (Wildman–Crippen MR) is 59.8 cm³/mol. The molecule has 0 amide bonds. The second kappa shape index (κ2) is 5.64. The zero-order chi connectivity index (χ0) is 12.2. The topological polar surface area (TPSA) is 66.8 Å². The lowest BCUT2D eigenvalue weighted by Crippen LogP contribution is -2.41. The van der Waals surface area contributed by atoms with E-state index in [2.05, 4.69) is 6.92 Å². The largest absolute Gasteiger partial charge is 0.454 e. The first-order valence-electron chi connectivity index (χ1n) is 5.95. The fourth-order valence-corrected chi connectivity index (χ4v) is 1.94. The van der Waals surface area contributed by atoms with Crippen molar-refractivity contribution in [1.82, 2.24) is 0 Å². The Morgan fingerprint density at radius 3 is 2.19 bits per heavy atom. The average molecular weight is 230 g/mol. The Kier molecular flexibility index (Phi) is 4.74. The number of hydrogen-bond acceptors (Lipinski definition) is 4.